The van der Waals surface area contributed by atoms with Crippen LogP contribution in [0.1, 0.15) is 30.0 Å². The van der Waals surface area contributed by atoms with Gasteiger partial charge in [0.2, 0.25) is 0 Å². The second kappa shape index (κ2) is 8.32. The van der Waals surface area contributed by atoms with Crippen LogP contribution in [0.5, 0.6) is 0 Å². The highest BCUT2D eigenvalue weighted by molar-refractivity contribution is 7.16. The first-order valence-corrected chi connectivity index (χ1v) is 11.2. The summed E-state index contributed by atoms with van der Waals surface area (Å²) in [6, 6.07) is 14.3. The molecule has 1 aromatic carbocycles. The van der Waals surface area contributed by atoms with Crippen molar-refractivity contribution in [2.24, 2.45) is 5.73 Å². The Hall–Kier alpha value is -2.91. The summed E-state index contributed by atoms with van der Waals surface area (Å²) in [6.07, 6.45) is 6.32. The normalized spacial score (nSPS) is 23.3. The first-order valence-electron chi connectivity index (χ1n) is 10.3. The lowest BCUT2D eigenvalue weighted by atomic mass is 9.94. The summed E-state index contributed by atoms with van der Waals surface area (Å²) in [7, 11) is 0. The number of anilines is 2. The van der Waals surface area contributed by atoms with Gasteiger partial charge in [-0.1, -0.05) is 12.1 Å². The topological polar surface area (TPSA) is 109 Å². The van der Waals surface area contributed by atoms with Crippen molar-refractivity contribution in [3.63, 3.8) is 0 Å². The number of hydrogen-bond donors (Lipinski definition) is 4. The minimum absolute atomic E-state index is 0.108. The first-order chi connectivity index (χ1) is 15.1. The van der Waals surface area contributed by atoms with Crippen molar-refractivity contribution in [2.75, 3.05) is 5.32 Å². The molecular formula is C23H24N6OS. The van der Waals surface area contributed by atoms with Gasteiger partial charge < -0.3 is 21.5 Å². The fraction of sp³-hybridized carbons (Fsp3) is 0.261. The number of nitrogens with two attached hydrogens (primary N) is 1. The molecule has 0 aliphatic heterocycles. The molecule has 7 nitrogen and oxygen atoms in total. The maximum Gasteiger partial charge on any atom is 0.126 e. The highest BCUT2D eigenvalue weighted by atomic mass is 32.1. The van der Waals surface area contributed by atoms with Crippen molar-refractivity contribution in [3.05, 3.63) is 77.8 Å². The SMILES string of the molecule is NC1(O)CC(NCc2ccc(Nc3cccnc3)cc2)CC1c1ncnc2sccc12. The smallest absolute Gasteiger partial charge is 0.126 e. The second-order valence-corrected chi connectivity index (χ2v) is 8.92. The molecule has 0 radical (unpaired) electrons. The van der Waals surface area contributed by atoms with Crippen molar-refractivity contribution in [2.45, 2.75) is 37.1 Å². The van der Waals surface area contributed by atoms with Crippen molar-refractivity contribution in [1.82, 2.24) is 20.3 Å². The van der Waals surface area contributed by atoms with Crippen LogP contribution in [0.25, 0.3) is 10.2 Å². The first kappa shape index (κ1) is 20.0. The van der Waals surface area contributed by atoms with E-state index in [0.29, 0.717) is 13.0 Å². The summed E-state index contributed by atoms with van der Waals surface area (Å²) < 4.78 is 0. The van der Waals surface area contributed by atoms with E-state index in [9.17, 15) is 5.11 Å². The van der Waals surface area contributed by atoms with E-state index in [1.165, 1.54) is 5.56 Å². The number of pyridine rings is 1. The molecule has 1 fully saturated rings. The van der Waals surface area contributed by atoms with Gasteiger partial charge in [-0.2, -0.15) is 0 Å². The van der Waals surface area contributed by atoms with E-state index >= 15 is 0 Å². The van der Waals surface area contributed by atoms with Gasteiger partial charge >= 0.3 is 0 Å². The minimum atomic E-state index is -1.29. The van der Waals surface area contributed by atoms with E-state index in [4.69, 9.17) is 5.73 Å². The molecule has 0 amide bonds. The van der Waals surface area contributed by atoms with Gasteiger partial charge in [-0.15, -0.1) is 11.3 Å². The monoisotopic (exact) mass is 432 g/mol. The Balaban J connectivity index is 1.23. The summed E-state index contributed by atoms with van der Waals surface area (Å²) in [6.45, 7) is 0.707. The van der Waals surface area contributed by atoms with E-state index in [-0.39, 0.29) is 12.0 Å². The molecule has 31 heavy (non-hydrogen) atoms. The number of hydrogen-bond acceptors (Lipinski definition) is 8. The van der Waals surface area contributed by atoms with Crippen LogP contribution in [0.15, 0.2) is 66.6 Å². The van der Waals surface area contributed by atoms with E-state index in [2.05, 4.69) is 49.9 Å². The number of aliphatic hydroxyl groups is 1. The molecule has 3 atom stereocenters. The number of nitrogens with one attached hydrogen (secondary N) is 2. The van der Waals surface area contributed by atoms with E-state index in [0.717, 1.165) is 33.7 Å². The van der Waals surface area contributed by atoms with Crippen LogP contribution in [0.4, 0.5) is 11.4 Å². The molecule has 8 heteroatoms. The van der Waals surface area contributed by atoms with Gasteiger partial charge in [-0.05, 0) is 47.7 Å². The van der Waals surface area contributed by atoms with Crippen molar-refractivity contribution in [3.8, 4) is 0 Å². The molecule has 3 heterocycles. The molecule has 1 aliphatic rings. The third-order valence-corrected chi connectivity index (χ3v) is 6.64. The van der Waals surface area contributed by atoms with Crippen LogP contribution in [-0.4, -0.2) is 31.8 Å². The fourth-order valence-corrected chi connectivity index (χ4v) is 5.01. The van der Waals surface area contributed by atoms with Gasteiger partial charge in [0, 0.05) is 42.2 Å². The van der Waals surface area contributed by atoms with Crippen molar-refractivity contribution < 1.29 is 5.11 Å². The largest absolute Gasteiger partial charge is 0.375 e. The Morgan fingerprint density at radius 3 is 2.81 bits per heavy atom. The Labute approximate surface area is 184 Å². The molecule has 3 aromatic heterocycles. The zero-order chi connectivity index (χ0) is 21.3. The van der Waals surface area contributed by atoms with Crippen LogP contribution in [0.2, 0.25) is 0 Å². The van der Waals surface area contributed by atoms with Crippen molar-refractivity contribution in [1.29, 1.82) is 0 Å². The van der Waals surface area contributed by atoms with E-state index in [1.807, 2.05) is 23.6 Å². The highest BCUT2D eigenvalue weighted by Gasteiger charge is 2.45. The maximum atomic E-state index is 10.9. The molecule has 5 N–H and O–H groups in total. The number of rotatable bonds is 6. The standard InChI is InChI=1S/C23H24N6OS/c24-23(30)11-18(10-20(23)21-19-7-9-31-22(19)28-14-27-21)26-12-15-3-5-16(6-4-15)29-17-2-1-8-25-13-17/h1-9,13-14,18,20,26,29-30H,10-12,24H2. The maximum absolute atomic E-state index is 10.9. The van der Waals surface area contributed by atoms with Crippen LogP contribution < -0.4 is 16.4 Å². The highest BCUT2D eigenvalue weighted by Crippen LogP contribution is 2.41. The number of benzene rings is 1. The Morgan fingerprint density at radius 2 is 2.00 bits per heavy atom. The molecule has 1 saturated carbocycles. The zero-order valence-electron chi connectivity index (χ0n) is 16.9. The van der Waals surface area contributed by atoms with E-state index in [1.54, 1.807) is 30.1 Å². The summed E-state index contributed by atoms with van der Waals surface area (Å²) in [5.41, 5.74) is 8.99. The molecular weight excluding hydrogens is 408 g/mol. The van der Waals surface area contributed by atoms with Gasteiger partial charge in [-0.3, -0.25) is 4.98 Å². The predicted molar refractivity (Wildman–Crippen MR) is 123 cm³/mol. The Bertz CT molecular complexity index is 1160. The van der Waals surface area contributed by atoms with Gasteiger partial charge in [0.15, 0.2) is 0 Å². The predicted octanol–water partition coefficient (Wildman–Crippen LogP) is 3.51. The minimum Gasteiger partial charge on any atom is -0.375 e. The summed E-state index contributed by atoms with van der Waals surface area (Å²) in [5.74, 6) is -0.226. The molecule has 0 bridgehead atoms. The molecule has 0 spiro atoms. The lowest BCUT2D eigenvalue weighted by molar-refractivity contribution is 0.0340. The number of thiophene rings is 1. The molecule has 158 valence electrons. The molecule has 3 unspecified atom stereocenters. The quantitative estimate of drug-likeness (QED) is 0.345. The van der Waals surface area contributed by atoms with E-state index < -0.39 is 5.72 Å². The van der Waals surface area contributed by atoms with Gasteiger partial charge in [-0.25, -0.2) is 9.97 Å². The fourth-order valence-electron chi connectivity index (χ4n) is 4.27. The average molecular weight is 433 g/mol. The lowest BCUT2D eigenvalue weighted by Crippen LogP contribution is -2.43. The second-order valence-electron chi connectivity index (χ2n) is 8.02. The average Bonchev–Trinajstić information content (AvgIpc) is 3.37. The van der Waals surface area contributed by atoms with Crippen LogP contribution in [0.3, 0.4) is 0 Å². The summed E-state index contributed by atoms with van der Waals surface area (Å²) in [4.78, 5) is 13.8. The zero-order valence-corrected chi connectivity index (χ0v) is 17.7. The van der Waals surface area contributed by atoms with Crippen LogP contribution in [0, 0.1) is 0 Å². The molecule has 5 rings (SSSR count). The molecule has 0 saturated heterocycles. The number of fused-ring (bicyclic) bond motifs is 1. The van der Waals surface area contributed by atoms with Crippen LogP contribution in [-0.2, 0) is 6.54 Å². The Kier molecular flexibility index (Phi) is 5.37. The molecule has 1 aliphatic carbocycles. The third-order valence-electron chi connectivity index (χ3n) is 5.82. The number of aromatic nitrogens is 3. The lowest BCUT2D eigenvalue weighted by Gasteiger charge is -2.24. The van der Waals surface area contributed by atoms with Crippen molar-refractivity contribution >= 4 is 32.9 Å². The Morgan fingerprint density at radius 1 is 1.13 bits per heavy atom. The molecule has 4 aromatic rings. The van der Waals surface area contributed by atoms with Crippen LogP contribution >= 0.6 is 11.3 Å². The number of nitrogens with zero attached hydrogens (tertiary/aromatic N) is 3. The van der Waals surface area contributed by atoms with Gasteiger partial charge in [0.1, 0.15) is 16.9 Å². The van der Waals surface area contributed by atoms with Gasteiger partial charge in [0.05, 0.1) is 17.6 Å². The summed E-state index contributed by atoms with van der Waals surface area (Å²) in [5, 5.41) is 20.8. The third kappa shape index (κ3) is 4.28. The summed E-state index contributed by atoms with van der Waals surface area (Å²) >= 11 is 1.57. The van der Waals surface area contributed by atoms with Gasteiger partial charge in [0.25, 0.3) is 0 Å².